The van der Waals surface area contributed by atoms with Gasteiger partial charge in [-0.25, -0.2) is 9.78 Å². The van der Waals surface area contributed by atoms with Gasteiger partial charge in [0.2, 0.25) is 0 Å². The number of carbonyl (C=O) groups is 2. The number of imidazole rings is 1. The molecule has 0 saturated heterocycles. The van der Waals surface area contributed by atoms with Crippen LogP contribution in [-0.4, -0.2) is 27.5 Å². The van der Waals surface area contributed by atoms with Gasteiger partial charge in [-0.05, 0) is 18.1 Å². The van der Waals surface area contributed by atoms with Gasteiger partial charge in [0.1, 0.15) is 12.6 Å². The van der Waals surface area contributed by atoms with Crippen LogP contribution in [0.3, 0.4) is 0 Å². The maximum atomic E-state index is 12.8. The molecule has 0 aliphatic carbocycles. The van der Waals surface area contributed by atoms with Crippen LogP contribution in [0.25, 0.3) is 0 Å². The number of halogens is 2. The van der Waals surface area contributed by atoms with Crippen LogP contribution in [0.5, 0.6) is 0 Å². The number of amides is 1. The molecule has 26 heavy (non-hydrogen) atoms. The van der Waals surface area contributed by atoms with E-state index in [4.69, 9.17) is 4.74 Å². The van der Waals surface area contributed by atoms with Gasteiger partial charge in [-0.1, -0.05) is 38.5 Å². The number of carbonyl (C=O) groups excluding carboxylic acids is 2. The Labute approximate surface area is 150 Å². The van der Waals surface area contributed by atoms with Gasteiger partial charge >= 0.3 is 12.5 Å². The van der Waals surface area contributed by atoms with Crippen molar-refractivity contribution in [3.05, 3.63) is 54.1 Å². The number of hydrogen-bond donors (Lipinski definition) is 1. The summed E-state index contributed by atoms with van der Waals surface area (Å²) in [5.41, 5.74) is 0.418. The minimum absolute atomic E-state index is 0.0642. The van der Waals surface area contributed by atoms with Crippen molar-refractivity contribution in [3.8, 4) is 0 Å². The fourth-order valence-electron chi connectivity index (χ4n) is 2.34. The first-order valence-corrected chi connectivity index (χ1v) is 8.26. The van der Waals surface area contributed by atoms with Crippen LogP contribution in [0.1, 0.15) is 43.0 Å². The van der Waals surface area contributed by atoms with Gasteiger partial charge in [-0.3, -0.25) is 9.36 Å². The number of ether oxygens (including phenoxy) is 1. The molecule has 1 aromatic carbocycles. The fraction of sp³-hybridized carbons (Fsp3) is 0.389. The topological polar surface area (TPSA) is 73.2 Å². The van der Waals surface area contributed by atoms with E-state index in [1.54, 1.807) is 37.3 Å². The highest BCUT2D eigenvalue weighted by molar-refractivity contribution is 5.96. The molecule has 2 rings (SSSR count). The molecule has 0 radical (unpaired) electrons. The van der Waals surface area contributed by atoms with Crippen molar-refractivity contribution in [2.45, 2.75) is 39.5 Å². The van der Waals surface area contributed by atoms with Crippen molar-refractivity contribution in [1.82, 2.24) is 14.9 Å². The highest BCUT2D eigenvalue weighted by atomic mass is 19.3. The Balaban J connectivity index is 2.05. The first-order chi connectivity index (χ1) is 12.4. The Morgan fingerprint density at radius 2 is 1.96 bits per heavy atom. The van der Waals surface area contributed by atoms with E-state index in [0.717, 1.165) is 6.20 Å². The number of hydrogen-bond acceptors (Lipinski definition) is 4. The molecule has 1 amide bonds. The Morgan fingerprint density at radius 3 is 2.58 bits per heavy atom. The number of esters is 1. The minimum Gasteiger partial charge on any atom is -0.456 e. The highest BCUT2D eigenvalue weighted by Crippen LogP contribution is 2.15. The van der Waals surface area contributed by atoms with Crippen molar-refractivity contribution in [1.29, 1.82) is 0 Å². The predicted molar refractivity (Wildman–Crippen MR) is 90.4 cm³/mol. The number of rotatable bonds is 8. The molecule has 0 bridgehead atoms. The van der Waals surface area contributed by atoms with Crippen molar-refractivity contribution >= 4 is 11.9 Å². The molecule has 2 atom stereocenters. The number of nitrogens with zero attached hydrogens (tertiary/aromatic N) is 2. The van der Waals surface area contributed by atoms with Gasteiger partial charge in [0.05, 0.1) is 0 Å². The van der Waals surface area contributed by atoms with Gasteiger partial charge in [0.15, 0.2) is 5.82 Å². The number of nitrogens with one attached hydrogen (secondary N) is 1. The number of alkyl halides is 2. The van der Waals surface area contributed by atoms with E-state index in [0.29, 0.717) is 16.6 Å². The van der Waals surface area contributed by atoms with Gasteiger partial charge in [-0.15, -0.1) is 0 Å². The zero-order valence-electron chi connectivity index (χ0n) is 14.6. The van der Waals surface area contributed by atoms with E-state index in [-0.39, 0.29) is 11.7 Å². The van der Waals surface area contributed by atoms with Gasteiger partial charge in [-0.2, -0.15) is 8.78 Å². The Kier molecular flexibility index (Phi) is 6.82. The molecule has 1 N–H and O–H groups in total. The summed E-state index contributed by atoms with van der Waals surface area (Å²) in [5, 5.41) is 2.66. The summed E-state index contributed by atoms with van der Waals surface area (Å²) in [4.78, 5) is 28.5. The van der Waals surface area contributed by atoms with E-state index in [9.17, 15) is 18.4 Å². The molecule has 0 fully saturated rings. The standard InChI is InChI=1S/C18H21F2N3O3/c1-3-12(2)15(22-16(24)13-7-5-4-6-8-13)17(25)26-11-14-21-9-10-23(14)18(19)20/h4-10,12,15,18H,3,11H2,1-2H3,(H,22,24)/t12-,15+/m1/s1. The van der Waals surface area contributed by atoms with Crippen LogP contribution in [0, 0.1) is 5.92 Å². The molecule has 0 unspecified atom stereocenters. The summed E-state index contributed by atoms with van der Waals surface area (Å²) >= 11 is 0. The third-order valence-corrected chi connectivity index (χ3v) is 4.09. The average molecular weight is 365 g/mol. The normalized spacial score (nSPS) is 13.3. The van der Waals surface area contributed by atoms with Crippen LogP contribution in [0.15, 0.2) is 42.7 Å². The third-order valence-electron chi connectivity index (χ3n) is 4.09. The van der Waals surface area contributed by atoms with E-state index >= 15 is 0 Å². The lowest BCUT2D eigenvalue weighted by Crippen LogP contribution is -2.46. The number of benzene rings is 1. The van der Waals surface area contributed by atoms with Crippen molar-refractivity contribution < 1.29 is 23.1 Å². The Hall–Kier alpha value is -2.77. The molecule has 1 aromatic heterocycles. The molecular weight excluding hydrogens is 344 g/mol. The molecule has 0 spiro atoms. The Morgan fingerprint density at radius 1 is 1.27 bits per heavy atom. The summed E-state index contributed by atoms with van der Waals surface area (Å²) in [5.74, 6) is -1.34. The summed E-state index contributed by atoms with van der Waals surface area (Å²) < 4.78 is 31.4. The molecule has 6 nitrogen and oxygen atoms in total. The first kappa shape index (κ1) is 19.6. The maximum absolute atomic E-state index is 12.8. The van der Waals surface area contributed by atoms with Crippen molar-refractivity contribution in [2.75, 3.05) is 0 Å². The van der Waals surface area contributed by atoms with E-state index in [1.165, 1.54) is 6.20 Å². The van der Waals surface area contributed by atoms with Crippen LogP contribution in [0.4, 0.5) is 8.78 Å². The largest absolute Gasteiger partial charge is 0.456 e. The van der Waals surface area contributed by atoms with E-state index in [1.807, 2.05) is 6.92 Å². The lowest BCUT2D eigenvalue weighted by Gasteiger charge is -2.22. The predicted octanol–water partition coefficient (Wildman–Crippen LogP) is 3.17. The molecule has 2 aromatic rings. The highest BCUT2D eigenvalue weighted by Gasteiger charge is 2.28. The smallest absolute Gasteiger partial charge is 0.329 e. The second kappa shape index (κ2) is 9.07. The van der Waals surface area contributed by atoms with Gasteiger partial charge in [0.25, 0.3) is 5.91 Å². The number of aromatic nitrogens is 2. The molecular formula is C18H21F2N3O3. The van der Waals surface area contributed by atoms with Crippen molar-refractivity contribution in [2.24, 2.45) is 5.92 Å². The molecule has 0 aliphatic rings. The maximum Gasteiger partial charge on any atom is 0.329 e. The van der Waals surface area contributed by atoms with Crippen LogP contribution >= 0.6 is 0 Å². The summed E-state index contributed by atoms with van der Waals surface area (Å²) in [6.45, 7) is 0.513. The second-order valence-electron chi connectivity index (χ2n) is 5.84. The van der Waals surface area contributed by atoms with Crippen LogP contribution in [-0.2, 0) is 16.1 Å². The summed E-state index contributed by atoms with van der Waals surface area (Å²) in [7, 11) is 0. The minimum atomic E-state index is -2.77. The zero-order valence-corrected chi connectivity index (χ0v) is 14.6. The van der Waals surface area contributed by atoms with E-state index in [2.05, 4.69) is 10.3 Å². The third kappa shape index (κ3) is 4.87. The average Bonchev–Trinajstić information content (AvgIpc) is 3.13. The molecule has 0 aliphatic heterocycles. The van der Waals surface area contributed by atoms with Gasteiger partial charge < -0.3 is 10.1 Å². The van der Waals surface area contributed by atoms with Crippen molar-refractivity contribution in [3.63, 3.8) is 0 Å². The first-order valence-electron chi connectivity index (χ1n) is 8.26. The van der Waals surface area contributed by atoms with Crippen LogP contribution < -0.4 is 5.32 Å². The molecule has 1 heterocycles. The molecule has 140 valence electrons. The monoisotopic (exact) mass is 365 g/mol. The quantitative estimate of drug-likeness (QED) is 0.730. The van der Waals surface area contributed by atoms with E-state index < -0.39 is 31.1 Å². The fourth-order valence-corrected chi connectivity index (χ4v) is 2.34. The summed E-state index contributed by atoms with van der Waals surface area (Å²) in [6.07, 6.45) is 2.94. The lowest BCUT2D eigenvalue weighted by molar-refractivity contribution is -0.149. The second-order valence-corrected chi connectivity index (χ2v) is 5.84. The molecule has 8 heteroatoms. The SMILES string of the molecule is CC[C@@H](C)[C@H](NC(=O)c1ccccc1)C(=O)OCc1nccn1C(F)F. The molecule has 0 saturated carbocycles. The van der Waals surface area contributed by atoms with Crippen LogP contribution in [0.2, 0.25) is 0 Å². The zero-order chi connectivity index (χ0) is 19.1. The lowest BCUT2D eigenvalue weighted by atomic mass is 9.99. The van der Waals surface area contributed by atoms with Gasteiger partial charge in [0, 0.05) is 18.0 Å². The Bertz CT molecular complexity index is 734. The summed E-state index contributed by atoms with van der Waals surface area (Å²) in [6, 6.07) is 7.59.